The minimum atomic E-state index is 0.392. The van der Waals surface area contributed by atoms with E-state index in [9.17, 15) is 0 Å². The number of nitrogens with zero attached hydrogens (tertiary/aromatic N) is 2. The third-order valence-corrected chi connectivity index (χ3v) is 5.98. The summed E-state index contributed by atoms with van der Waals surface area (Å²) in [5.41, 5.74) is 8.22. The predicted molar refractivity (Wildman–Crippen MR) is 106 cm³/mol. The molecule has 0 saturated carbocycles. The van der Waals surface area contributed by atoms with Crippen LogP contribution in [-0.4, -0.2) is 29.5 Å². The molecular formula is C21H24BrN3. The minimum absolute atomic E-state index is 0.392. The van der Waals surface area contributed by atoms with Gasteiger partial charge in [0.25, 0.3) is 0 Å². The van der Waals surface area contributed by atoms with Gasteiger partial charge in [-0.05, 0) is 75.7 Å². The van der Waals surface area contributed by atoms with Crippen LogP contribution in [0.3, 0.4) is 0 Å². The van der Waals surface area contributed by atoms with Crippen LogP contribution in [0, 0.1) is 6.92 Å². The number of allylic oxidation sites excluding steroid dienone is 1. The molecule has 2 aromatic rings. The highest BCUT2D eigenvalue weighted by atomic mass is 79.9. The lowest BCUT2D eigenvalue weighted by Gasteiger charge is -2.34. The van der Waals surface area contributed by atoms with Gasteiger partial charge in [-0.3, -0.25) is 9.88 Å². The average molecular weight is 398 g/mol. The Labute approximate surface area is 158 Å². The molecule has 1 aliphatic carbocycles. The van der Waals surface area contributed by atoms with Gasteiger partial charge in [-0.2, -0.15) is 0 Å². The second-order valence-electron chi connectivity index (χ2n) is 7.12. The molecule has 1 aromatic carbocycles. The summed E-state index contributed by atoms with van der Waals surface area (Å²) in [4.78, 5) is 7.03. The molecule has 0 amide bonds. The van der Waals surface area contributed by atoms with Crippen LogP contribution in [0.2, 0.25) is 0 Å². The van der Waals surface area contributed by atoms with Crippen molar-refractivity contribution in [3.8, 4) is 0 Å². The van der Waals surface area contributed by atoms with Gasteiger partial charge in [-0.15, -0.1) is 0 Å². The van der Waals surface area contributed by atoms with Gasteiger partial charge in [0.05, 0.1) is 5.69 Å². The maximum Gasteiger partial charge on any atom is 0.0544 e. The van der Waals surface area contributed by atoms with Gasteiger partial charge in [-0.1, -0.05) is 18.7 Å². The molecule has 2 heterocycles. The van der Waals surface area contributed by atoms with Crippen LogP contribution in [0.1, 0.15) is 40.4 Å². The van der Waals surface area contributed by atoms with Crippen molar-refractivity contribution in [3.05, 3.63) is 69.5 Å². The first-order valence-electron chi connectivity index (χ1n) is 8.98. The van der Waals surface area contributed by atoms with E-state index in [2.05, 4.69) is 68.9 Å². The average Bonchev–Trinajstić information content (AvgIpc) is 3.00. The number of fused-ring (bicyclic) bond motifs is 1. The van der Waals surface area contributed by atoms with E-state index in [1.807, 2.05) is 6.20 Å². The topological polar surface area (TPSA) is 28.2 Å². The first-order chi connectivity index (χ1) is 12.1. The Kier molecular flexibility index (Phi) is 4.76. The molecule has 0 spiro atoms. The van der Waals surface area contributed by atoms with E-state index in [1.165, 1.54) is 27.8 Å². The second-order valence-corrected chi connectivity index (χ2v) is 8.03. The van der Waals surface area contributed by atoms with Crippen molar-refractivity contribution < 1.29 is 0 Å². The lowest BCUT2D eigenvalue weighted by atomic mass is 9.92. The van der Waals surface area contributed by atoms with E-state index < -0.39 is 0 Å². The molecule has 1 aromatic heterocycles. The number of piperazine rings is 1. The normalized spacial score (nSPS) is 20.7. The number of benzene rings is 1. The predicted octanol–water partition coefficient (Wildman–Crippen LogP) is 4.26. The van der Waals surface area contributed by atoms with E-state index in [1.54, 1.807) is 0 Å². The molecule has 130 valence electrons. The summed E-state index contributed by atoms with van der Waals surface area (Å²) < 4.78 is 1.03. The van der Waals surface area contributed by atoms with Crippen LogP contribution in [-0.2, 0) is 13.0 Å². The molecule has 1 saturated heterocycles. The van der Waals surface area contributed by atoms with E-state index in [0.717, 1.165) is 49.2 Å². The van der Waals surface area contributed by atoms with Gasteiger partial charge >= 0.3 is 0 Å². The molecule has 1 N–H and O–H groups in total. The highest BCUT2D eigenvalue weighted by molar-refractivity contribution is 9.10. The molecule has 1 atom stereocenters. The van der Waals surface area contributed by atoms with Crippen molar-refractivity contribution >= 4 is 21.5 Å². The number of pyridine rings is 1. The SMILES string of the molecule is C=C1CCc2c1ccc(C1CN(Cc3ccc(Br)cn3)CCN1)c2C. The number of hydrogen-bond donors (Lipinski definition) is 1. The fraction of sp³-hybridized carbons (Fsp3) is 0.381. The van der Waals surface area contributed by atoms with Crippen molar-refractivity contribution in [1.82, 2.24) is 15.2 Å². The van der Waals surface area contributed by atoms with Gasteiger partial charge < -0.3 is 5.32 Å². The number of rotatable bonds is 3. The molecule has 2 aliphatic rings. The molecule has 4 rings (SSSR count). The standard InChI is InChI=1S/C21H24BrN3/c1-14-3-6-19-15(2)20(8-7-18(14)19)21-13-25(10-9-23-21)12-17-5-4-16(22)11-24-17/h4-5,7-8,11,21,23H,1,3,6,9-10,12-13H2,2H3. The Bertz CT molecular complexity index is 798. The Morgan fingerprint density at radius 2 is 2.16 bits per heavy atom. The monoisotopic (exact) mass is 397 g/mol. The molecule has 0 radical (unpaired) electrons. The summed E-state index contributed by atoms with van der Waals surface area (Å²) in [7, 11) is 0. The smallest absolute Gasteiger partial charge is 0.0544 e. The number of halogens is 1. The van der Waals surface area contributed by atoms with Crippen LogP contribution in [0.15, 0.2) is 41.5 Å². The molecule has 0 bridgehead atoms. The van der Waals surface area contributed by atoms with Crippen molar-refractivity contribution in [2.75, 3.05) is 19.6 Å². The summed E-state index contributed by atoms with van der Waals surface area (Å²) in [6.07, 6.45) is 4.14. The second kappa shape index (κ2) is 7.02. The Morgan fingerprint density at radius 1 is 1.28 bits per heavy atom. The van der Waals surface area contributed by atoms with E-state index in [4.69, 9.17) is 0 Å². The van der Waals surface area contributed by atoms with Crippen molar-refractivity contribution in [3.63, 3.8) is 0 Å². The molecule has 4 heteroatoms. The quantitative estimate of drug-likeness (QED) is 0.838. The van der Waals surface area contributed by atoms with Gasteiger partial charge in [-0.25, -0.2) is 0 Å². The van der Waals surface area contributed by atoms with Crippen LogP contribution in [0.5, 0.6) is 0 Å². The molecular weight excluding hydrogens is 374 g/mol. The Hall–Kier alpha value is -1.49. The van der Waals surface area contributed by atoms with Crippen molar-refractivity contribution in [2.24, 2.45) is 0 Å². The third-order valence-electron chi connectivity index (χ3n) is 5.51. The van der Waals surface area contributed by atoms with E-state index >= 15 is 0 Å². The minimum Gasteiger partial charge on any atom is -0.308 e. The van der Waals surface area contributed by atoms with Crippen LogP contribution < -0.4 is 5.32 Å². The lowest BCUT2D eigenvalue weighted by molar-refractivity contribution is 0.191. The summed E-state index contributed by atoms with van der Waals surface area (Å²) in [6.45, 7) is 10.5. The highest BCUT2D eigenvalue weighted by Gasteiger charge is 2.25. The molecule has 3 nitrogen and oxygen atoms in total. The lowest BCUT2D eigenvalue weighted by Crippen LogP contribution is -2.45. The summed E-state index contributed by atoms with van der Waals surface area (Å²) in [6, 6.07) is 9.16. The molecule has 1 aliphatic heterocycles. The summed E-state index contributed by atoms with van der Waals surface area (Å²) in [5.74, 6) is 0. The summed E-state index contributed by atoms with van der Waals surface area (Å²) >= 11 is 3.46. The molecule has 1 fully saturated rings. The fourth-order valence-corrected chi connectivity index (χ4v) is 4.34. The van der Waals surface area contributed by atoms with Gasteiger partial charge in [0.15, 0.2) is 0 Å². The van der Waals surface area contributed by atoms with Crippen LogP contribution in [0.4, 0.5) is 0 Å². The van der Waals surface area contributed by atoms with Gasteiger partial charge in [0.2, 0.25) is 0 Å². The fourth-order valence-electron chi connectivity index (χ4n) is 4.11. The zero-order chi connectivity index (χ0) is 17.4. The maximum atomic E-state index is 4.52. The van der Waals surface area contributed by atoms with E-state index in [0.29, 0.717) is 6.04 Å². The largest absolute Gasteiger partial charge is 0.308 e. The number of nitrogens with one attached hydrogen (secondary N) is 1. The summed E-state index contributed by atoms with van der Waals surface area (Å²) in [5, 5.41) is 3.71. The van der Waals surface area contributed by atoms with Crippen LogP contribution in [0.25, 0.3) is 5.57 Å². The van der Waals surface area contributed by atoms with Gasteiger partial charge in [0.1, 0.15) is 0 Å². The first-order valence-corrected chi connectivity index (χ1v) is 9.78. The molecule has 25 heavy (non-hydrogen) atoms. The molecule has 1 unspecified atom stereocenters. The third kappa shape index (κ3) is 3.43. The first kappa shape index (κ1) is 17.0. The van der Waals surface area contributed by atoms with Crippen molar-refractivity contribution in [1.29, 1.82) is 0 Å². The number of hydrogen-bond acceptors (Lipinski definition) is 3. The Balaban J connectivity index is 1.52. The number of aromatic nitrogens is 1. The zero-order valence-electron chi connectivity index (χ0n) is 14.7. The van der Waals surface area contributed by atoms with E-state index in [-0.39, 0.29) is 0 Å². The zero-order valence-corrected chi connectivity index (χ0v) is 16.3. The highest BCUT2D eigenvalue weighted by Crippen LogP contribution is 2.36. The van der Waals surface area contributed by atoms with Gasteiger partial charge in [0, 0.05) is 42.9 Å². The van der Waals surface area contributed by atoms with Crippen molar-refractivity contribution in [2.45, 2.75) is 32.4 Å². The maximum absolute atomic E-state index is 4.52. The van der Waals surface area contributed by atoms with Crippen LogP contribution >= 0.6 is 15.9 Å². The Morgan fingerprint density at radius 3 is 2.96 bits per heavy atom.